The zero-order chi connectivity index (χ0) is 65.6. The van der Waals surface area contributed by atoms with Crippen LogP contribution in [0.1, 0.15) is 362 Å². The summed E-state index contributed by atoms with van der Waals surface area (Å²) in [5.74, 6) is -1.36. The maximum atomic E-state index is 13.0. The van der Waals surface area contributed by atoms with Crippen molar-refractivity contribution in [2.75, 3.05) is 39.6 Å². The molecular weight excluding hydrogens is 1170 g/mol. The first-order chi connectivity index (χ1) is 43.0. The third-order valence-corrected chi connectivity index (χ3v) is 18.2. The van der Waals surface area contributed by atoms with Crippen molar-refractivity contribution < 1.29 is 80.2 Å². The fraction of sp³-hybridized carbons (Fsp3) is 0.943. The Morgan fingerprint density at radius 1 is 0.303 bits per heavy atom. The number of rotatable bonds is 70. The minimum atomic E-state index is -4.95. The van der Waals surface area contributed by atoms with Crippen molar-refractivity contribution in [3.05, 3.63) is 0 Å². The van der Waals surface area contributed by atoms with E-state index in [2.05, 4.69) is 34.6 Å². The maximum Gasteiger partial charge on any atom is 0.472 e. The molecule has 0 rings (SSSR count). The van der Waals surface area contributed by atoms with E-state index < -0.39 is 97.5 Å². The Hall–Kier alpha value is -1.94. The number of phosphoric acid groups is 2. The molecule has 0 aromatic carbocycles. The number of carbonyl (C=O) groups excluding carboxylic acids is 4. The molecule has 0 radical (unpaired) electrons. The summed E-state index contributed by atoms with van der Waals surface area (Å²) in [6.07, 6.45) is 49.8. The van der Waals surface area contributed by atoms with Crippen LogP contribution in [0.15, 0.2) is 0 Å². The lowest BCUT2D eigenvalue weighted by atomic mass is 10.0. The third kappa shape index (κ3) is 64.6. The molecule has 528 valence electrons. The third-order valence-electron chi connectivity index (χ3n) is 16.3. The number of hydrogen-bond acceptors (Lipinski definition) is 15. The first kappa shape index (κ1) is 87.1. The molecule has 0 bridgehead atoms. The molecule has 0 aromatic rings. The highest BCUT2D eigenvalue weighted by molar-refractivity contribution is 7.47. The van der Waals surface area contributed by atoms with E-state index in [0.717, 1.165) is 102 Å². The summed E-state index contributed by atoms with van der Waals surface area (Å²) in [6, 6.07) is 0. The van der Waals surface area contributed by atoms with Gasteiger partial charge in [0.05, 0.1) is 26.4 Å². The molecule has 0 aromatic heterocycles. The summed E-state index contributed by atoms with van der Waals surface area (Å²) in [7, 11) is -9.90. The van der Waals surface area contributed by atoms with E-state index in [1.54, 1.807) is 0 Å². The Balaban J connectivity index is 5.23. The summed E-state index contributed by atoms with van der Waals surface area (Å²) in [5, 5.41) is 10.6. The lowest BCUT2D eigenvalue weighted by molar-refractivity contribution is -0.161. The Kier molecular flexibility index (Phi) is 62.1. The van der Waals surface area contributed by atoms with Gasteiger partial charge in [-0.3, -0.25) is 37.3 Å². The molecule has 0 spiro atoms. The van der Waals surface area contributed by atoms with Crippen LogP contribution >= 0.6 is 15.6 Å². The minimum absolute atomic E-state index is 0.107. The van der Waals surface area contributed by atoms with Gasteiger partial charge in [0.2, 0.25) is 0 Å². The molecule has 19 heteroatoms. The van der Waals surface area contributed by atoms with Crippen molar-refractivity contribution >= 4 is 39.5 Å². The molecule has 0 saturated carbocycles. The van der Waals surface area contributed by atoms with Gasteiger partial charge >= 0.3 is 39.5 Å². The smallest absolute Gasteiger partial charge is 0.462 e. The zero-order valence-corrected chi connectivity index (χ0v) is 59.4. The van der Waals surface area contributed by atoms with Crippen molar-refractivity contribution in [3.63, 3.8) is 0 Å². The quantitative estimate of drug-likeness (QED) is 0.0222. The average Bonchev–Trinajstić information content (AvgIpc) is 3.65. The van der Waals surface area contributed by atoms with E-state index in [9.17, 15) is 43.2 Å². The largest absolute Gasteiger partial charge is 0.472 e. The number of ether oxygens (including phenoxy) is 4. The van der Waals surface area contributed by atoms with Crippen LogP contribution in [0.2, 0.25) is 0 Å². The van der Waals surface area contributed by atoms with Gasteiger partial charge < -0.3 is 33.8 Å². The van der Waals surface area contributed by atoms with Crippen LogP contribution in [0, 0.1) is 5.92 Å². The molecule has 0 amide bonds. The van der Waals surface area contributed by atoms with Crippen LogP contribution in [-0.2, 0) is 65.4 Å². The normalized spacial score (nSPS) is 14.1. The van der Waals surface area contributed by atoms with Gasteiger partial charge in [-0.1, -0.05) is 311 Å². The van der Waals surface area contributed by atoms with E-state index in [-0.39, 0.29) is 25.7 Å². The number of carbonyl (C=O) groups is 4. The first-order valence-corrected chi connectivity index (χ1v) is 39.6. The predicted octanol–water partition coefficient (Wildman–Crippen LogP) is 20.1. The molecule has 5 atom stereocenters. The van der Waals surface area contributed by atoms with Crippen LogP contribution in [-0.4, -0.2) is 96.7 Å². The minimum Gasteiger partial charge on any atom is -0.462 e. The number of esters is 4. The van der Waals surface area contributed by atoms with Gasteiger partial charge in [-0.25, -0.2) is 9.13 Å². The summed E-state index contributed by atoms with van der Waals surface area (Å²) in [4.78, 5) is 72.5. The van der Waals surface area contributed by atoms with Gasteiger partial charge in [0.25, 0.3) is 0 Å². The van der Waals surface area contributed by atoms with Crippen LogP contribution in [0.4, 0.5) is 0 Å². The Bertz CT molecular complexity index is 1720. The van der Waals surface area contributed by atoms with Gasteiger partial charge in [-0.2, -0.15) is 0 Å². The summed E-state index contributed by atoms with van der Waals surface area (Å²) >= 11 is 0. The van der Waals surface area contributed by atoms with E-state index in [1.165, 1.54) is 180 Å². The highest BCUT2D eigenvalue weighted by Crippen LogP contribution is 2.45. The number of hydrogen-bond donors (Lipinski definition) is 3. The van der Waals surface area contributed by atoms with E-state index >= 15 is 0 Å². The van der Waals surface area contributed by atoms with Crippen molar-refractivity contribution in [1.29, 1.82) is 0 Å². The van der Waals surface area contributed by atoms with E-state index in [4.69, 9.17) is 37.0 Å². The lowest BCUT2D eigenvalue weighted by Gasteiger charge is -2.21. The molecule has 89 heavy (non-hydrogen) atoms. The topological polar surface area (TPSA) is 237 Å². The standard InChI is InChI=1S/C70H136O17P2/c1-6-9-12-15-18-21-23-25-27-30-34-39-44-49-54-68(73)81-60-66(87-70(75)56-51-46-41-36-32-28-29-33-37-42-47-52-63(4)5)62-85-89(78,79)83-58-64(71)57-82-88(76,77)84-61-65(59-80-67(72)53-48-43-38-20-17-14-11-8-3)86-69(74)55-50-45-40-35-31-26-24-22-19-16-13-10-7-2/h63-66,71H,6-62H2,1-5H3,(H,76,77)(H,78,79)/t64-,65+,66+/m0/s1. The fourth-order valence-corrected chi connectivity index (χ4v) is 12.2. The van der Waals surface area contributed by atoms with Crippen LogP contribution in [0.3, 0.4) is 0 Å². The van der Waals surface area contributed by atoms with Crippen molar-refractivity contribution in [2.45, 2.75) is 380 Å². The second-order valence-corrected chi connectivity index (χ2v) is 28.7. The molecule has 0 aliphatic heterocycles. The number of aliphatic hydroxyl groups excluding tert-OH is 1. The number of aliphatic hydroxyl groups is 1. The molecule has 17 nitrogen and oxygen atoms in total. The second-order valence-electron chi connectivity index (χ2n) is 25.7. The molecular formula is C70H136O17P2. The lowest BCUT2D eigenvalue weighted by Crippen LogP contribution is -2.30. The number of phosphoric ester groups is 2. The Morgan fingerprint density at radius 2 is 0.517 bits per heavy atom. The molecule has 0 saturated heterocycles. The number of unbranched alkanes of at least 4 members (excludes halogenated alkanes) is 42. The van der Waals surface area contributed by atoms with Gasteiger partial charge in [0.1, 0.15) is 19.3 Å². The zero-order valence-electron chi connectivity index (χ0n) is 57.6. The van der Waals surface area contributed by atoms with Crippen molar-refractivity contribution in [3.8, 4) is 0 Å². The molecule has 3 N–H and O–H groups in total. The predicted molar refractivity (Wildman–Crippen MR) is 358 cm³/mol. The molecule has 0 fully saturated rings. The van der Waals surface area contributed by atoms with Crippen molar-refractivity contribution in [2.24, 2.45) is 5.92 Å². The maximum absolute atomic E-state index is 13.0. The highest BCUT2D eigenvalue weighted by atomic mass is 31.2. The van der Waals surface area contributed by atoms with Crippen LogP contribution in [0.25, 0.3) is 0 Å². The van der Waals surface area contributed by atoms with Gasteiger partial charge in [0, 0.05) is 25.7 Å². The molecule has 0 aliphatic rings. The first-order valence-electron chi connectivity index (χ1n) is 36.6. The van der Waals surface area contributed by atoms with Crippen LogP contribution in [0.5, 0.6) is 0 Å². The molecule has 2 unspecified atom stereocenters. The highest BCUT2D eigenvalue weighted by Gasteiger charge is 2.30. The van der Waals surface area contributed by atoms with Crippen LogP contribution < -0.4 is 0 Å². The molecule has 0 aliphatic carbocycles. The average molecular weight is 1310 g/mol. The van der Waals surface area contributed by atoms with Gasteiger partial charge in [-0.05, 0) is 31.6 Å². The monoisotopic (exact) mass is 1310 g/mol. The summed E-state index contributed by atoms with van der Waals surface area (Å²) in [6.45, 7) is 7.23. The molecule has 0 heterocycles. The SMILES string of the molecule is CCCCCCCCCCCCCCCCC(=O)OC[C@H](COP(=O)(O)OC[C@@H](O)COP(=O)(O)OC[C@@H](COC(=O)CCCCCCCCCC)OC(=O)CCCCCCCCCCCCCCC)OC(=O)CCCCCCCCCCCCCC(C)C. The van der Waals surface area contributed by atoms with E-state index in [1.807, 2.05) is 0 Å². The van der Waals surface area contributed by atoms with Gasteiger partial charge in [0.15, 0.2) is 12.2 Å². The van der Waals surface area contributed by atoms with Gasteiger partial charge in [-0.15, -0.1) is 0 Å². The van der Waals surface area contributed by atoms with E-state index in [0.29, 0.717) is 25.7 Å². The Morgan fingerprint density at radius 3 is 0.764 bits per heavy atom. The van der Waals surface area contributed by atoms with Crippen molar-refractivity contribution in [1.82, 2.24) is 0 Å². The Labute approximate surface area is 543 Å². The summed E-state index contributed by atoms with van der Waals surface area (Å²) in [5.41, 5.74) is 0. The second kappa shape index (κ2) is 63.5. The fourth-order valence-electron chi connectivity index (χ4n) is 10.6. The summed E-state index contributed by atoms with van der Waals surface area (Å²) < 4.78 is 68.2.